The maximum absolute atomic E-state index is 12.1. The number of carbonyl (C=O) groups excluding carboxylic acids is 1. The molecular weight excluding hydrogens is 310 g/mol. The van der Waals surface area contributed by atoms with Gasteiger partial charge in [0.1, 0.15) is 12.6 Å². The Morgan fingerprint density at radius 1 is 0.760 bits per heavy atom. The maximum atomic E-state index is 12.1. The SMILES string of the molecule is NC(Cc1ccc(-c2ccccc2)cc1)C(=O)OCc1ccccc1. The van der Waals surface area contributed by atoms with Crippen molar-refractivity contribution in [2.24, 2.45) is 5.73 Å². The quantitative estimate of drug-likeness (QED) is 0.696. The summed E-state index contributed by atoms with van der Waals surface area (Å²) >= 11 is 0. The molecule has 3 aromatic rings. The molecule has 0 fully saturated rings. The smallest absolute Gasteiger partial charge is 0.323 e. The highest BCUT2D eigenvalue weighted by Crippen LogP contribution is 2.19. The van der Waals surface area contributed by atoms with Crippen LogP contribution in [0.2, 0.25) is 0 Å². The molecular formula is C22H21NO2. The van der Waals surface area contributed by atoms with E-state index in [2.05, 4.69) is 12.1 Å². The number of benzene rings is 3. The van der Waals surface area contributed by atoms with Crippen LogP contribution in [0.25, 0.3) is 11.1 Å². The van der Waals surface area contributed by atoms with Crippen LogP contribution in [0.15, 0.2) is 84.9 Å². The average Bonchev–Trinajstić information content (AvgIpc) is 2.68. The van der Waals surface area contributed by atoms with Crippen LogP contribution >= 0.6 is 0 Å². The molecule has 3 nitrogen and oxygen atoms in total. The summed E-state index contributed by atoms with van der Waals surface area (Å²) in [4.78, 5) is 12.1. The van der Waals surface area contributed by atoms with Crippen molar-refractivity contribution in [3.8, 4) is 11.1 Å². The molecule has 3 rings (SSSR count). The first kappa shape index (κ1) is 16.9. The summed E-state index contributed by atoms with van der Waals surface area (Å²) in [5.74, 6) is -0.379. The zero-order valence-electron chi connectivity index (χ0n) is 14.0. The van der Waals surface area contributed by atoms with Crippen molar-refractivity contribution in [3.63, 3.8) is 0 Å². The van der Waals surface area contributed by atoms with E-state index in [0.29, 0.717) is 6.42 Å². The van der Waals surface area contributed by atoms with Gasteiger partial charge >= 0.3 is 5.97 Å². The van der Waals surface area contributed by atoms with Crippen molar-refractivity contribution >= 4 is 5.97 Å². The topological polar surface area (TPSA) is 52.3 Å². The third-order valence-electron chi connectivity index (χ3n) is 4.04. The number of nitrogens with two attached hydrogens (primary N) is 1. The largest absolute Gasteiger partial charge is 0.460 e. The Kier molecular flexibility index (Phi) is 5.60. The van der Waals surface area contributed by atoms with E-state index in [-0.39, 0.29) is 12.6 Å². The van der Waals surface area contributed by atoms with Crippen molar-refractivity contribution in [1.82, 2.24) is 0 Å². The van der Waals surface area contributed by atoms with Gasteiger partial charge in [0.2, 0.25) is 0 Å². The number of carbonyl (C=O) groups is 1. The minimum atomic E-state index is -0.661. The van der Waals surface area contributed by atoms with Crippen LogP contribution in [0.3, 0.4) is 0 Å². The molecule has 0 aliphatic carbocycles. The van der Waals surface area contributed by atoms with Gasteiger partial charge in [-0.15, -0.1) is 0 Å². The molecule has 0 saturated heterocycles. The molecule has 126 valence electrons. The monoisotopic (exact) mass is 331 g/mol. The summed E-state index contributed by atoms with van der Waals surface area (Å²) in [5.41, 5.74) is 10.3. The Hall–Kier alpha value is -2.91. The van der Waals surface area contributed by atoms with Gasteiger partial charge in [0.15, 0.2) is 0 Å². The third-order valence-corrected chi connectivity index (χ3v) is 4.04. The second kappa shape index (κ2) is 8.27. The van der Waals surface area contributed by atoms with Crippen LogP contribution in [-0.2, 0) is 22.6 Å². The van der Waals surface area contributed by atoms with Crippen molar-refractivity contribution in [2.75, 3.05) is 0 Å². The van der Waals surface area contributed by atoms with E-state index in [9.17, 15) is 4.79 Å². The lowest BCUT2D eigenvalue weighted by Gasteiger charge is -2.12. The van der Waals surface area contributed by atoms with E-state index < -0.39 is 6.04 Å². The van der Waals surface area contributed by atoms with Gasteiger partial charge < -0.3 is 10.5 Å². The molecule has 0 bridgehead atoms. The van der Waals surface area contributed by atoms with Gasteiger partial charge in [0.25, 0.3) is 0 Å². The standard InChI is InChI=1S/C22H21NO2/c23-21(22(24)25-16-18-7-3-1-4-8-18)15-17-11-13-20(14-12-17)19-9-5-2-6-10-19/h1-14,21H,15-16,23H2. The van der Waals surface area contributed by atoms with Crippen molar-refractivity contribution < 1.29 is 9.53 Å². The molecule has 0 saturated carbocycles. The highest BCUT2D eigenvalue weighted by molar-refractivity contribution is 5.76. The van der Waals surface area contributed by atoms with Crippen molar-refractivity contribution in [3.05, 3.63) is 96.1 Å². The Balaban J connectivity index is 1.55. The van der Waals surface area contributed by atoms with E-state index in [0.717, 1.165) is 16.7 Å². The van der Waals surface area contributed by atoms with Crippen LogP contribution in [0.5, 0.6) is 0 Å². The molecule has 1 atom stereocenters. The average molecular weight is 331 g/mol. The van der Waals surface area contributed by atoms with Gasteiger partial charge in [-0.2, -0.15) is 0 Å². The Morgan fingerprint density at radius 3 is 1.96 bits per heavy atom. The first-order valence-electron chi connectivity index (χ1n) is 8.33. The first-order chi connectivity index (χ1) is 12.2. The van der Waals surface area contributed by atoms with Crippen LogP contribution in [0.4, 0.5) is 0 Å². The lowest BCUT2D eigenvalue weighted by molar-refractivity contribution is -0.146. The second-order valence-electron chi connectivity index (χ2n) is 5.97. The maximum Gasteiger partial charge on any atom is 0.323 e. The minimum absolute atomic E-state index is 0.250. The lowest BCUT2D eigenvalue weighted by atomic mass is 10.0. The first-order valence-corrected chi connectivity index (χ1v) is 8.33. The van der Waals surface area contributed by atoms with Crippen molar-refractivity contribution in [1.29, 1.82) is 0 Å². The predicted molar refractivity (Wildman–Crippen MR) is 99.8 cm³/mol. The highest BCUT2D eigenvalue weighted by Gasteiger charge is 2.15. The normalized spacial score (nSPS) is 11.7. The molecule has 1 unspecified atom stereocenters. The van der Waals surface area contributed by atoms with E-state index in [1.54, 1.807) is 0 Å². The van der Waals surface area contributed by atoms with Gasteiger partial charge in [-0.05, 0) is 28.7 Å². The zero-order chi connectivity index (χ0) is 17.5. The molecule has 0 amide bonds. The fourth-order valence-electron chi connectivity index (χ4n) is 2.64. The Bertz CT molecular complexity index is 798. The molecule has 0 spiro atoms. The van der Waals surface area contributed by atoms with Gasteiger partial charge in [-0.25, -0.2) is 0 Å². The summed E-state index contributed by atoms with van der Waals surface area (Å²) in [6, 6.07) is 27.2. The third kappa shape index (κ3) is 4.78. The van der Waals surface area contributed by atoms with Gasteiger partial charge in [-0.1, -0.05) is 84.9 Å². The molecule has 3 heteroatoms. The van der Waals surface area contributed by atoms with E-state index in [4.69, 9.17) is 10.5 Å². The molecule has 25 heavy (non-hydrogen) atoms. The molecule has 2 N–H and O–H groups in total. The molecule has 0 radical (unpaired) electrons. The number of hydrogen-bond acceptors (Lipinski definition) is 3. The number of esters is 1. The number of ether oxygens (including phenoxy) is 1. The predicted octanol–water partition coefficient (Wildman–Crippen LogP) is 3.97. The summed E-state index contributed by atoms with van der Waals surface area (Å²) in [7, 11) is 0. The van der Waals surface area contributed by atoms with E-state index in [1.807, 2.05) is 72.8 Å². The fraction of sp³-hybridized carbons (Fsp3) is 0.136. The number of hydrogen-bond donors (Lipinski definition) is 1. The second-order valence-corrected chi connectivity index (χ2v) is 5.97. The zero-order valence-corrected chi connectivity index (χ0v) is 14.0. The Morgan fingerprint density at radius 2 is 1.32 bits per heavy atom. The lowest BCUT2D eigenvalue weighted by Crippen LogP contribution is -2.34. The summed E-state index contributed by atoms with van der Waals surface area (Å²) in [6.07, 6.45) is 0.461. The molecule has 0 aromatic heterocycles. The summed E-state index contributed by atoms with van der Waals surface area (Å²) in [5, 5.41) is 0. The number of rotatable bonds is 6. The van der Waals surface area contributed by atoms with E-state index >= 15 is 0 Å². The van der Waals surface area contributed by atoms with Gasteiger partial charge in [0.05, 0.1) is 0 Å². The van der Waals surface area contributed by atoms with Crippen LogP contribution in [-0.4, -0.2) is 12.0 Å². The Labute approximate surface area is 148 Å². The fourth-order valence-corrected chi connectivity index (χ4v) is 2.64. The van der Waals surface area contributed by atoms with Crippen molar-refractivity contribution in [2.45, 2.75) is 19.1 Å². The van der Waals surface area contributed by atoms with Crippen LogP contribution in [0, 0.1) is 0 Å². The minimum Gasteiger partial charge on any atom is -0.460 e. The summed E-state index contributed by atoms with van der Waals surface area (Å²) in [6.45, 7) is 0.250. The highest BCUT2D eigenvalue weighted by atomic mass is 16.5. The van der Waals surface area contributed by atoms with E-state index in [1.165, 1.54) is 5.56 Å². The molecule has 0 aliphatic heterocycles. The molecule has 3 aromatic carbocycles. The molecule has 0 aliphatic rings. The van der Waals surface area contributed by atoms with Crippen LogP contribution in [0.1, 0.15) is 11.1 Å². The van der Waals surface area contributed by atoms with Crippen LogP contribution < -0.4 is 5.73 Å². The van der Waals surface area contributed by atoms with Gasteiger partial charge in [-0.3, -0.25) is 4.79 Å². The van der Waals surface area contributed by atoms with Gasteiger partial charge in [0, 0.05) is 0 Å². The summed E-state index contributed by atoms with van der Waals surface area (Å²) < 4.78 is 5.29. The molecule has 0 heterocycles.